The topological polar surface area (TPSA) is 152 Å². The summed E-state index contributed by atoms with van der Waals surface area (Å²) in [4.78, 5) is 48.4. The van der Waals surface area contributed by atoms with Crippen molar-refractivity contribution in [2.75, 3.05) is 13.6 Å². The molecule has 0 aromatic carbocycles. The van der Waals surface area contributed by atoms with Crippen molar-refractivity contribution in [3.05, 3.63) is 32.7 Å². The van der Waals surface area contributed by atoms with Gasteiger partial charge in [-0.05, 0) is 39.7 Å². The van der Waals surface area contributed by atoms with E-state index in [1.807, 2.05) is 19.2 Å². The first kappa shape index (κ1) is 30.5. The molecule has 5 N–H and O–H groups in total. The summed E-state index contributed by atoms with van der Waals surface area (Å²) in [6.07, 6.45) is 2.75. The van der Waals surface area contributed by atoms with Gasteiger partial charge in [-0.2, -0.15) is 0 Å². The van der Waals surface area contributed by atoms with E-state index in [1.165, 1.54) is 16.2 Å². The third-order valence-electron chi connectivity index (χ3n) is 5.49. The van der Waals surface area contributed by atoms with Crippen LogP contribution in [0.1, 0.15) is 68.5 Å². The average Bonchev–Trinajstić information content (AvgIpc) is 3.53. The van der Waals surface area contributed by atoms with Crippen LogP contribution >= 0.6 is 22.7 Å². The fourth-order valence-corrected chi connectivity index (χ4v) is 4.68. The predicted molar refractivity (Wildman–Crippen MR) is 145 cm³/mol. The van der Waals surface area contributed by atoms with Crippen molar-refractivity contribution < 1.29 is 19.1 Å². The monoisotopic (exact) mass is 553 g/mol. The third-order valence-corrected chi connectivity index (χ3v) is 7.44. The number of nitrogens with two attached hydrogens (primary N) is 1. The molecule has 0 bridgehead atoms. The SMILES string of the molecule is CC(CCC(C)NC(=O)C(CCN)NC(=O)N(C)Cc1csc(C(C)C)n1)NC(=O)OCc1cncs1. The van der Waals surface area contributed by atoms with Crippen molar-refractivity contribution >= 4 is 40.7 Å². The Labute approximate surface area is 226 Å². The van der Waals surface area contributed by atoms with Crippen molar-refractivity contribution in [3.8, 4) is 0 Å². The number of alkyl carbamates (subject to hydrolysis) is 1. The van der Waals surface area contributed by atoms with E-state index in [2.05, 4.69) is 39.8 Å². The van der Waals surface area contributed by atoms with E-state index in [4.69, 9.17) is 10.5 Å². The van der Waals surface area contributed by atoms with Gasteiger partial charge in [-0.1, -0.05) is 13.8 Å². The highest BCUT2D eigenvalue weighted by molar-refractivity contribution is 7.09. The van der Waals surface area contributed by atoms with Gasteiger partial charge in [-0.15, -0.1) is 22.7 Å². The molecule has 0 saturated heterocycles. The van der Waals surface area contributed by atoms with Crippen LogP contribution < -0.4 is 21.7 Å². The van der Waals surface area contributed by atoms with Gasteiger partial charge in [-0.3, -0.25) is 9.78 Å². The fraction of sp³-hybridized carbons (Fsp3) is 0.625. The van der Waals surface area contributed by atoms with Gasteiger partial charge in [0, 0.05) is 36.6 Å². The lowest BCUT2D eigenvalue weighted by Gasteiger charge is -2.24. The molecule has 2 aromatic heterocycles. The maximum atomic E-state index is 12.9. The van der Waals surface area contributed by atoms with Crippen molar-refractivity contribution in [2.24, 2.45) is 5.73 Å². The molecule has 0 spiro atoms. The number of hydrogen-bond donors (Lipinski definition) is 4. The fourth-order valence-electron chi connectivity index (χ4n) is 3.35. The summed E-state index contributed by atoms with van der Waals surface area (Å²) in [5, 5.41) is 11.5. The standard InChI is InChI=1S/C24H39N7O4S2/c1-15(2)22-29-18(13-36-22)11-31(5)23(33)30-20(8-9-25)21(32)27-16(3)6-7-17(4)28-24(34)35-12-19-10-26-14-37-19/h10,13-17,20H,6-9,11-12,25H2,1-5H3,(H,27,32)(H,28,34)(H,30,33). The molecule has 0 aliphatic heterocycles. The summed E-state index contributed by atoms with van der Waals surface area (Å²) in [5.74, 6) is 0.0410. The van der Waals surface area contributed by atoms with E-state index in [0.29, 0.717) is 31.7 Å². The van der Waals surface area contributed by atoms with E-state index < -0.39 is 12.1 Å². The van der Waals surface area contributed by atoms with Gasteiger partial charge in [0.05, 0.1) is 27.6 Å². The summed E-state index contributed by atoms with van der Waals surface area (Å²) in [6.45, 7) is 8.70. The number of urea groups is 1. The second-order valence-corrected chi connectivity index (χ2v) is 11.2. The minimum Gasteiger partial charge on any atom is -0.444 e. The molecule has 206 valence electrons. The number of aromatic nitrogens is 2. The van der Waals surface area contributed by atoms with Crippen molar-refractivity contribution in [3.63, 3.8) is 0 Å². The number of hydrogen-bond acceptors (Lipinski definition) is 9. The molecule has 13 heteroatoms. The van der Waals surface area contributed by atoms with E-state index >= 15 is 0 Å². The number of ether oxygens (including phenoxy) is 1. The molecule has 37 heavy (non-hydrogen) atoms. The number of carbonyl (C=O) groups is 3. The molecule has 2 heterocycles. The Morgan fingerprint density at radius 1 is 1.05 bits per heavy atom. The zero-order valence-corrected chi connectivity index (χ0v) is 23.8. The predicted octanol–water partition coefficient (Wildman–Crippen LogP) is 3.18. The number of amides is 4. The Morgan fingerprint density at radius 3 is 2.35 bits per heavy atom. The van der Waals surface area contributed by atoms with Gasteiger partial charge in [0.1, 0.15) is 12.6 Å². The minimum atomic E-state index is -0.749. The van der Waals surface area contributed by atoms with Crippen molar-refractivity contribution in [1.82, 2.24) is 30.8 Å². The van der Waals surface area contributed by atoms with Gasteiger partial charge in [-0.25, -0.2) is 14.6 Å². The molecule has 0 radical (unpaired) electrons. The Balaban J connectivity index is 1.75. The summed E-state index contributed by atoms with van der Waals surface area (Å²) in [7, 11) is 1.67. The second kappa shape index (κ2) is 15.5. The molecule has 3 unspecified atom stereocenters. The first-order chi connectivity index (χ1) is 17.6. The lowest BCUT2D eigenvalue weighted by atomic mass is 10.1. The maximum absolute atomic E-state index is 12.9. The summed E-state index contributed by atoms with van der Waals surface area (Å²) < 4.78 is 5.18. The zero-order valence-electron chi connectivity index (χ0n) is 22.2. The first-order valence-electron chi connectivity index (χ1n) is 12.4. The normalized spacial score (nSPS) is 13.5. The van der Waals surface area contributed by atoms with Crippen LogP contribution in [0.4, 0.5) is 9.59 Å². The van der Waals surface area contributed by atoms with Crippen LogP contribution in [0.15, 0.2) is 17.1 Å². The highest BCUT2D eigenvalue weighted by Gasteiger charge is 2.24. The largest absolute Gasteiger partial charge is 0.444 e. The maximum Gasteiger partial charge on any atom is 0.407 e. The van der Waals surface area contributed by atoms with Gasteiger partial charge in [0.2, 0.25) is 5.91 Å². The van der Waals surface area contributed by atoms with Gasteiger partial charge < -0.3 is 31.3 Å². The quantitative estimate of drug-likeness (QED) is 0.280. The Hall–Kier alpha value is -2.77. The van der Waals surface area contributed by atoms with Crippen molar-refractivity contribution in [1.29, 1.82) is 0 Å². The molecule has 3 atom stereocenters. The summed E-state index contributed by atoms with van der Waals surface area (Å²) in [6, 6.07) is -1.41. The summed E-state index contributed by atoms with van der Waals surface area (Å²) in [5.41, 5.74) is 8.19. The van der Waals surface area contributed by atoms with E-state index in [-0.39, 0.29) is 37.2 Å². The lowest BCUT2D eigenvalue weighted by molar-refractivity contribution is -0.123. The van der Waals surface area contributed by atoms with E-state index in [0.717, 1.165) is 15.6 Å². The van der Waals surface area contributed by atoms with Crippen LogP contribution in [-0.2, 0) is 22.7 Å². The highest BCUT2D eigenvalue weighted by Crippen LogP contribution is 2.19. The molecule has 0 aliphatic carbocycles. The number of nitrogens with zero attached hydrogens (tertiary/aromatic N) is 3. The number of rotatable bonds is 14. The van der Waals surface area contributed by atoms with Crippen molar-refractivity contribution in [2.45, 2.75) is 84.2 Å². The average molecular weight is 554 g/mol. The molecule has 0 aliphatic rings. The number of carbonyl (C=O) groups excluding carboxylic acids is 3. The van der Waals surface area contributed by atoms with E-state index in [9.17, 15) is 14.4 Å². The van der Waals surface area contributed by atoms with Crippen LogP contribution in [0.2, 0.25) is 0 Å². The Morgan fingerprint density at radius 2 is 1.76 bits per heavy atom. The van der Waals surface area contributed by atoms with Crippen LogP contribution in [0.25, 0.3) is 0 Å². The molecule has 11 nitrogen and oxygen atoms in total. The first-order valence-corrected chi connectivity index (χ1v) is 14.1. The van der Waals surface area contributed by atoms with Gasteiger partial charge in [0.25, 0.3) is 0 Å². The van der Waals surface area contributed by atoms with Gasteiger partial charge in [0.15, 0.2) is 0 Å². The molecular weight excluding hydrogens is 514 g/mol. The molecule has 0 saturated carbocycles. The third kappa shape index (κ3) is 11.0. The Bertz CT molecular complexity index is 984. The second-order valence-electron chi connectivity index (χ2n) is 9.34. The van der Waals surface area contributed by atoms with Crippen LogP contribution in [0, 0.1) is 0 Å². The van der Waals surface area contributed by atoms with E-state index in [1.54, 1.807) is 30.1 Å². The lowest BCUT2D eigenvalue weighted by Crippen LogP contribution is -2.52. The molecule has 2 rings (SSSR count). The highest BCUT2D eigenvalue weighted by atomic mass is 32.1. The number of thiazole rings is 2. The smallest absolute Gasteiger partial charge is 0.407 e. The number of nitrogens with one attached hydrogen (secondary N) is 3. The zero-order chi connectivity index (χ0) is 27.4. The van der Waals surface area contributed by atoms with Crippen LogP contribution in [0.3, 0.4) is 0 Å². The molecule has 0 fully saturated rings. The van der Waals surface area contributed by atoms with Crippen LogP contribution in [0.5, 0.6) is 0 Å². The molecule has 4 amide bonds. The van der Waals surface area contributed by atoms with Crippen LogP contribution in [-0.4, -0.2) is 64.6 Å². The Kier molecular flexibility index (Phi) is 12.7. The molecular formula is C24H39N7O4S2. The summed E-state index contributed by atoms with van der Waals surface area (Å²) >= 11 is 3.00. The molecule has 2 aromatic rings. The van der Waals surface area contributed by atoms with Gasteiger partial charge >= 0.3 is 12.1 Å². The minimum absolute atomic E-state index is 0.136.